The molecule has 0 spiro atoms. The average Bonchev–Trinajstić information content (AvgIpc) is 2.42. The van der Waals surface area contributed by atoms with Crippen molar-refractivity contribution < 1.29 is 31.1 Å². The summed E-state index contributed by atoms with van der Waals surface area (Å²) < 4.78 is 7.30. The van der Waals surface area contributed by atoms with Gasteiger partial charge in [-0.15, -0.1) is 0 Å². The van der Waals surface area contributed by atoms with E-state index in [1.165, 1.54) is 0 Å². The molecule has 0 amide bonds. The molecule has 0 fully saturated rings. The topological polar surface area (TPSA) is 30.2 Å². The lowest BCUT2D eigenvalue weighted by Crippen LogP contribution is -3.00. The van der Waals surface area contributed by atoms with Gasteiger partial charge in [-0.3, -0.25) is 4.79 Å². The summed E-state index contributed by atoms with van der Waals surface area (Å²) in [5.74, 6) is 0.893. The standard InChI is InChI=1S/C16H18NO2.BrH/c1-3-19-15-9-7-14(8-10-15)16(18)12-17-11-5-4-6-13(17)2;/h4-11H,3,12H2,1-2H3;1H/q+1;/p-1. The van der Waals surface area contributed by atoms with Gasteiger partial charge in [0, 0.05) is 24.6 Å². The molecule has 1 heterocycles. The minimum atomic E-state index is 0. The highest BCUT2D eigenvalue weighted by Gasteiger charge is 2.13. The highest BCUT2D eigenvalue weighted by molar-refractivity contribution is 5.95. The molecular weight excluding hydrogens is 318 g/mol. The number of Topliss-reactive ketones (excluding diaryl/α,β-unsaturated/α-hetero) is 1. The van der Waals surface area contributed by atoms with Crippen LogP contribution in [0.25, 0.3) is 0 Å². The number of hydrogen-bond acceptors (Lipinski definition) is 2. The Kier molecular flexibility index (Phi) is 6.39. The van der Waals surface area contributed by atoms with Gasteiger partial charge < -0.3 is 21.7 Å². The van der Waals surface area contributed by atoms with E-state index in [1.54, 1.807) is 0 Å². The molecular formula is C16H18BrNO2. The fourth-order valence-electron chi connectivity index (χ4n) is 1.89. The van der Waals surface area contributed by atoms with E-state index in [4.69, 9.17) is 4.74 Å². The Morgan fingerprint density at radius 1 is 1.15 bits per heavy atom. The normalized spacial score (nSPS) is 9.70. The lowest BCUT2D eigenvalue weighted by molar-refractivity contribution is -0.689. The van der Waals surface area contributed by atoms with E-state index < -0.39 is 0 Å². The maximum absolute atomic E-state index is 12.2. The van der Waals surface area contributed by atoms with Crippen molar-refractivity contribution in [2.24, 2.45) is 0 Å². The maximum Gasteiger partial charge on any atom is 0.227 e. The quantitative estimate of drug-likeness (QED) is 0.548. The van der Waals surface area contributed by atoms with E-state index in [9.17, 15) is 4.79 Å². The SMILES string of the molecule is CCOc1ccc(C(=O)C[n+]2ccccc2C)cc1.[Br-]. The Balaban J connectivity index is 0.00000200. The number of pyridine rings is 1. The molecule has 4 heteroatoms. The van der Waals surface area contributed by atoms with Crippen LogP contribution in [0.1, 0.15) is 23.0 Å². The lowest BCUT2D eigenvalue weighted by Gasteiger charge is -2.04. The van der Waals surface area contributed by atoms with Gasteiger partial charge in [-0.25, -0.2) is 0 Å². The van der Waals surface area contributed by atoms with Gasteiger partial charge >= 0.3 is 0 Å². The molecule has 2 aromatic rings. The summed E-state index contributed by atoms with van der Waals surface area (Å²) in [5, 5.41) is 0. The van der Waals surface area contributed by atoms with Gasteiger partial charge in [0.1, 0.15) is 5.75 Å². The van der Waals surface area contributed by atoms with Crippen molar-refractivity contribution in [2.75, 3.05) is 6.61 Å². The predicted molar refractivity (Wildman–Crippen MR) is 73.3 cm³/mol. The molecule has 0 aliphatic rings. The van der Waals surface area contributed by atoms with Gasteiger partial charge in [-0.2, -0.15) is 4.57 Å². The summed E-state index contributed by atoms with van der Waals surface area (Å²) >= 11 is 0. The van der Waals surface area contributed by atoms with Gasteiger partial charge in [0.2, 0.25) is 12.3 Å². The third kappa shape index (κ3) is 4.17. The second-order valence-electron chi connectivity index (χ2n) is 4.35. The molecule has 0 aliphatic heterocycles. The van der Waals surface area contributed by atoms with Crippen molar-refractivity contribution in [3.8, 4) is 5.75 Å². The van der Waals surface area contributed by atoms with Gasteiger partial charge in [-0.05, 0) is 31.2 Å². The molecule has 2 rings (SSSR count). The average molecular weight is 336 g/mol. The summed E-state index contributed by atoms with van der Waals surface area (Å²) in [6.45, 7) is 4.92. The van der Waals surface area contributed by atoms with Gasteiger partial charge in [0.05, 0.1) is 6.61 Å². The third-order valence-corrected chi connectivity index (χ3v) is 2.97. The zero-order valence-electron chi connectivity index (χ0n) is 11.7. The minimum Gasteiger partial charge on any atom is -1.00 e. The van der Waals surface area contributed by atoms with Crippen LogP contribution in [-0.4, -0.2) is 12.4 Å². The second-order valence-corrected chi connectivity index (χ2v) is 4.35. The third-order valence-electron chi connectivity index (χ3n) is 2.97. The van der Waals surface area contributed by atoms with Crippen molar-refractivity contribution in [2.45, 2.75) is 20.4 Å². The predicted octanol–water partition coefficient (Wildman–Crippen LogP) is -0.432. The molecule has 0 saturated heterocycles. The van der Waals surface area contributed by atoms with E-state index in [2.05, 4.69) is 0 Å². The maximum atomic E-state index is 12.2. The first-order chi connectivity index (χ1) is 9.20. The molecule has 0 aliphatic carbocycles. The van der Waals surface area contributed by atoms with E-state index >= 15 is 0 Å². The van der Waals surface area contributed by atoms with Crippen molar-refractivity contribution in [3.05, 3.63) is 59.9 Å². The van der Waals surface area contributed by atoms with Gasteiger partial charge in [0.15, 0.2) is 11.9 Å². The van der Waals surface area contributed by atoms with Crippen LogP contribution >= 0.6 is 0 Å². The first-order valence-electron chi connectivity index (χ1n) is 6.42. The lowest BCUT2D eigenvalue weighted by atomic mass is 10.1. The monoisotopic (exact) mass is 335 g/mol. The number of carbonyl (C=O) groups is 1. The molecule has 106 valence electrons. The van der Waals surface area contributed by atoms with Crippen molar-refractivity contribution in [3.63, 3.8) is 0 Å². The molecule has 1 aromatic carbocycles. The van der Waals surface area contributed by atoms with Crippen LogP contribution < -0.4 is 26.3 Å². The molecule has 0 atom stereocenters. The Hall–Kier alpha value is -1.68. The number of benzene rings is 1. The molecule has 0 radical (unpaired) electrons. The van der Waals surface area contributed by atoms with E-state index in [0.29, 0.717) is 18.7 Å². The van der Waals surface area contributed by atoms with Crippen molar-refractivity contribution in [1.82, 2.24) is 0 Å². The number of carbonyl (C=O) groups excluding carboxylic acids is 1. The van der Waals surface area contributed by atoms with Crippen LogP contribution in [0.2, 0.25) is 0 Å². The Bertz CT molecular complexity index is 567. The van der Waals surface area contributed by atoms with Gasteiger partial charge in [-0.1, -0.05) is 6.07 Å². The Morgan fingerprint density at radius 3 is 2.45 bits per heavy atom. The van der Waals surface area contributed by atoms with E-state index in [-0.39, 0.29) is 22.8 Å². The highest BCUT2D eigenvalue weighted by Crippen LogP contribution is 2.12. The zero-order chi connectivity index (χ0) is 13.7. The number of ketones is 1. The van der Waals surface area contributed by atoms with Crippen LogP contribution in [0, 0.1) is 6.92 Å². The molecule has 0 N–H and O–H groups in total. The Labute approximate surface area is 130 Å². The summed E-state index contributed by atoms with van der Waals surface area (Å²) in [4.78, 5) is 12.2. The molecule has 20 heavy (non-hydrogen) atoms. The first-order valence-corrected chi connectivity index (χ1v) is 6.42. The van der Waals surface area contributed by atoms with E-state index in [0.717, 1.165) is 11.4 Å². The largest absolute Gasteiger partial charge is 1.00 e. The number of hydrogen-bond donors (Lipinski definition) is 0. The number of aromatic nitrogens is 1. The smallest absolute Gasteiger partial charge is 0.227 e. The molecule has 0 unspecified atom stereocenters. The number of nitrogens with zero attached hydrogens (tertiary/aromatic N) is 1. The summed E-state index contributed by atoms with van der Waals surface area (Å²) in [6, 6.07) is 13.2. The number of halogens is 1. The van der Waals surface area contributed by atoms with Gasteiger partial charge in [0.25, 0.3) is 0 Å². The van der Waals surface area contributed by atoms with Crippen molar-refractivity contribution >= 4 is 5.78 Å². The Morgan fingerprint density at radius 2 is 1.85 bits per heavy atom. The number of ether oxygens (including phenoxy) is 1. The fourth-order valence-corrected chi connectivity index (χ4v) is 1.89. The van der Waals surface area contributed by atoms with Crippen LogP contribution in [-0.2, 0) is 6.54 Å². The molecule has 0 saturated carbocycles. The molecule has 0 bridgehead atoms. The second kappa shape index (κ2) is 7.80. The number of rotatable bonds is 5. The van der Waals surface area contributed by atoms with Crippen LogP contribution in [0.4, 0.5) is 0 Å². The number of aryl methyl sites for hydroxylation is 1. The zero-order valence-corrected chi connectivity index (χ0v) is 13.3. The first kappa shape index (κ1) is 16.4. The van der Waals surface area contributed by atoms with Crippen LogP contribution in [0.5, 0.6) is 5.75 Å². The van der Waals surface area contributed by atoms with Crippen LogP contribution in [0.15, 0.2) is 48.7 Å². The molecule has 1 aromatic heterocycles. The summed E-state index contributed by atoms with van der Waals surface area (Å²) in [7, 11) is 0. The van der Waals surface area contributed by atoms with E-state index in [1.807, 2.05) is 67.1 Å². The van der Waals surface area contributed by atoms with Crippen molar-refractivity contribution in [1.29, 1.82) is 0 Å². The minimum absolute atomic E-state index is 0. The highest BCUT2D eigenvalue weighted by atomic mass is 79.9. The fraction of sp³-hybridized carbons (Fsp3) is 0.250. The summed E-state index contributed by atoms with van der Waals surface area (Å²) in [6.07, 6.45) is 1.92. The molecule has 3 nitrogen and oxygen atoms in total. The van der Waals surface area contributed by atoms with Crippen LogP contribution in [0.3, 0.4) is 0 Å². The summed E-state index contributed by atoms with van der Waals surface area (Å²) in [5.41, 5.74) is 1.78.